The molecule has 146 valence electrons. The van der Waals surface area contributed by atoms with Crippen LogP contribution in [0, 0.1) is 30.6 Å². The maximum Gasteiger partial charge on any atom is 0.233 e. The third kappa shape index (κ3) is 3.65. The van der Waals surface area contributed by atoms with Gasteiger partial charge in [-0.05, 0) is 42.2 Å². The molecular weight excluding hydrogens is 475 g/mol. The molecule has 2 amide bonds. The summed E-state index contributed by atoms with van der Waals surface area (Å²) >= 11 is 1.71. The van der Waals surface area contributed by atoms with Crippen molar-refractivity contribution in [3.63, 3.8) is 0 Å². The Kier molecular flexibility index (Phi) is 6.25. The normalized spacial score (nSPS) is 28.5. The number of fused-ring (bicyclic) bond motifs is 5. The van der Waals surface area contributed by atoms with Gasteiger partial charge in [-0.3, -0.25) is 19.5 Å². The van der Waals surface area contributed by atoms with Gasteiger partial charge in [0.25, 0.3) is 0 Å². The zero-order valence-electron chi connectivity index (χ0n) is 15.5. The van der Waals surface area contributed by atoms with Crippen molar-refractivity contribution in [3.8, 4) is 0 Å². The first-order valence-corrected chi connectivity index (χ1v) is 9.99. The standard InChI is InChI=1S/C19H24N4O2S.HI/c1-11-5-8-26-14(11)10-22-19(20-2)21-6-7-23-17(24)15-12-3-4-13(9-12)16(15)18(23)25;/h3-5,8,12-13,15-16H,6-7,9-10H2,1-2H3,(H2,20,21,22);1H. The minimum atomic E-state index is -0.114. The van der Waals surface area contributed by atoms with Crippen molar-refractivity contribution in [2.45, 2.75) is 19.9 Å². The van der Waals surface area contributed by atoms with Crippen LogP contribution in [0.25, 0.3) is 0 Å². The van der Waals surface area contributed by atoms with Crippen LogP contribution in [0.15, 0.2) is 28.6 Å². The molecule has 1 aliphatic heterocycles. The lowest BCUT2D eigenvalue weighted by Crippen LogP contribution is -2.43. The van der Waals surface area contributed by atoms with Gasteiger partial charge in [0.1, 0.15) is 0 Å². The van der Waals surface area contributed by atoms with E-state index >= 15 is 0 Å². The number of aryl methyl sites for hydroxylation is 1. The molecule has 6 nitrogen and oxygen atoms in total. The fourth-order valence-corrected chi connectivity index (χ4v) is 5.29. The number of thiophene rings is 1. The number of carbonyl (C=O) groups excluding carboxylic acids is 2. The summed E-state index contributed by atoms with van der Waals surface area (Å²) in [5, 5.41) is 8.56. The molecule has 2 aliphatic carbocycles. The Balaban J connectivity index is 0.00000210. The first kappa shape index (κ1) is 20.3. The number of carbonyl (C=O) groups is 2. The van der Waals surface area contributed by atoms with Crippen LogP contribution in [0.2, 0.25) is 0 Å². The number of nitrogens with one attached hydrogen (secondary N) is 2. The maximum absolute atomic E-state index is 12.7. The summed E-state index contributed by atoms with van der Waals surface area (Å²) in [5.41, 5.74) is 1.26. The molecule has 2 fully saturated rings. The number of likely N-dealkylation sites (tertiary alicyclic amines) is 1. The Morgan fingerprint density at radius 2 is 1.89 bits per heavy atom. The van der Waals surface area contributed by atoms with Crippen LogP contribution < -0.4 is 10.6 Å². The second kappa shape index (κ2) is 8.30. The Morgan fingerprint density at radius 1 is 1.22 bits per heavy atom. The third-order valence-electron chi connectivity index (χ3n) is 5.80. The molecule has 2 heterocycles. The van der Waals surface area contributed by atoms with Gasteiger partial charge in [-0.15, -0.1) is 35.3 Å². The molecule has 4 unspecified atom stereocenters. The van der Waals surface area contributed by atoms with Crippen molar-refractivity contribution < 1.29 is 9.59 Å². The number of halogens is 1. The topological polar surface area (TPSA) is 73.8 Å². The average molecular weight is 500 g/mol. The summed E-state index contributed by atoms with van der Waals surface area (Å²) in [7, 11) is 1.72. The molecule has 8 heteroatoms. The van der Waals surface area contributed by atoms with Crippen molar-refractivity contribution in [3.05, 3.63) is 34.0 Å². The molecule has 1 aromatic rings. The SMILES string of the molecule is CN=C(NCCN1C(=O)C2C3C=CC(C3)C2C1=O)NCc1sccc1C.I. The lowest BCUT2D eigenvalue weighted by Gasteiger charge is -2.18. The van der Waals surface area contributed by atoms with Crippen molar-refractivity contribution in [1.29, 1.82) is 0 Å². The smallest absolute Gasteiger partial charge is 0.233 e. The van der Waals surface area contributed by atoms with E-state index in [0.29, 0.717) is 25.6 Å². The number of nitrogens with zero attached hydrogens (tertiary/aromatic N) is 2. The molecule has 4 rings (SSSR count). The van der Waals surface area contributed by atoms with Gasteiger partial charge in [-0.1, -0.05) is 12.2 Å². The van der Waals surface area contributed by atoms with E-state index in [1.165, 1.54) is 15.3 Å². The number of hydrogen-bond acceptors (Lipinski definition) is 4. The molecule has 0 spiro atoms. The molecule has 0 radical (unpaired) electrons. The van der Waals surface area contributed by atoms with Gasteiger partial charge < -0.3 is 10.6 Å². The summed E-state index contributed by atoms with van der Waals surface area (Å²) in [5.74, 6) is 1.00. The largest absolute Gasteiger partial charge is 0.355 e. The molecule has 1 saturated heterocycles. The summed E-state index contributed by atoms with van der Waals surface area (Å²) in [6, 6.07) is 2.10. The van der Waals surface area contributed by atoms with Crippen LogP contribution in [-0.2, 0) is 16.1 Å². The summed E-state index contributed by atoms with van der Waals surface area (Å²) < 4.78 is 0. The Labute approximate surface area is 180 Å². The van der Waals surface area contributed by atoms with E-state index in [0.717, 1.165) is 6.42 Å². The zero-order chi connectivity index (χ0) is 18.3. The molecule has 2 N–H and O–H groups in total. The van der Waals surface area contributed by atoms with Gasteiger partial charge in [0.05, 0.1) is 18.4 Å². The number of guanidine groups is 1. The highest BCUT2D eigenvalue weighted by molar-refractivity contribution is 14.0. The number of allylic oxidation sites excluding steroid dienone is 2. The number of rotatable bonds is 5. The van der Waals surface area contributed by atoms with Crippen LogP contribution in [0.3, 0.4) is 0 Å². The maximum atomic E-state index is 12.7. The van der Waals surface area contributed by atoms with Crippen molar-refractivity contribution in [1.82, 2.24) is 15.5 Å². The Hall–Kier alpha value is -1.42. The minimum Gasteiger partial charge on any atom is -0.355 e. The van der Waals surface area contributed by atoms with Crippen molar-refractivity contribution >= 4 is 53.1 Å². The van der Waals surface area contributed by atoms with E-state index in [2.05, 4.69) is 46.1 Å². The highest BCUT2D eigenvalue weighted by Gasteiger charge is 2.58. The van der Waals surface area contributed by atoms with E-state index in [-0.39, 0.29) is 59.5 Å². The molecular formula is C19H25IN4O2S. The second-order valence-corrected chi connectivity index (χ2v) is 8.21. The highest BCUT2D eigenvalue weighted by atomic mass is 127. The fraction of sp³-hybridized carbons (Fsp3) is 0.526. The Bertz CT molecular complexity index is 760. The van der Waals surface area contributed by atoms with E-state index in [1.807, 2.05) is 0 Å². The van der Waals surface area contributed by atoms with Crippen LogP contribution in [0.5, 0.6) is 0 Å². The van der Waals surface area contributed by atoms with Crippen LogP contribution in [-0.4, -0.2) is 42.8 Å². The molecule has 27 heavy (non-hydrogen) atoms. The predicted molar refractivity (Wildman–Crippen MR) is 117 cm³/mol. The van der Waals surface area contributed by atoms with E-state index in [4.69, 9.17) is 0 Å². The Morgan fingerprint density at radius 3 is 2.44 bits per heavy atom. The highest BCUT2D eigenvalue weighted by Crippen LogP contribution is 2.52. The van der Waals surface area contributed by atoms with Crippen LogP contribution in [0.4, 0.5) is 0 Å². The summed E-state index contributed by atoms with van der Waals surface area (Å²) in [6.45, 7) is 3.70. The fourth-order valence-electron chi connectivity index (χ4n) is 4.44. The second-order valence-electron chi connectivity index (χ2n) is 7.21. The number of hydrogen-bond donors (Lipinski definition) is 2. The first-order valence-electron chi connectivity index (χ1n) is 9.11. The van der Waals surface area contributed by atoms with Gasteiger partial charge in [0.15, 0.2) is 5.96 Å². The molecule has 1 aromatic heterocycles. The van der Waals surface area contributed by atoms with Gasteiger partial charge >= 0.3 is 0 Å². The van der Waals surface area contributed by atoms with E-state index in [1.54, 1.807) is 18.4 Å². The van der Waals surface area contributed by atoms with Crippen LogP contribution >= 0.6 is 35.3 Å². The predicted octanol–water partition coefficient (Wildman–Crippen LogP) is 2.15. The van der Waals surface area contributed by atoms with Gasteiger partial charge in [0.2, 0.25) is 11.8 Å². The van der Waals surface area contributed by atoms with Gasteiger partial charge in [-0.2, -0.15) is 0 Å². The van der Waals surface area contributed by atoms with Gasteiger partial charge in [-0.25, -0.2) is 0 Å². The summed E-state index contributed by atoms with van der Waals surface area (Å²) in [4.78, 5) is 32.2. The van der Waals surface area contributed by atoms with Gasteiger partial charge in [0, 0.05) is 25.0 Å². The molecule has 0 aromatic carbocycles. The monoisotopic (exact) mass is 500 g/mol. The minimum absolute atomic E-state index is 0. The number of imide groups is 1. The number of amides is 2. The van der Waals surface area contributed by atoms with E-state index < -0.39 is 0 Å². The quantitative estimate of drug-likeness (QED) is 0.214. The van der Waals surface area contributed by atoms with Crippen molar-refractivity contribution in [2.75, 3.05) is 20.1 Å². The molecule has 1 saturated carbocycles. The van der Waals surface area contributed by atoms with E-state index in [9.17, 15) is 9.59 Å². The summed E-state index contributed by atoms with van der Waals surface area (Å²) in [6.07, 6.45) is 5.21. The first-order chi connectivity index (χ1) is 12.6. The van der Waals surface area contributed by atoms with Crippen molar-refractivity contribution in [2.24, 2.45) is 28.7 Å². The molecule has 4 atom stereocenters. The lowest BCUT2D eigenvalue weighted by molar-refractivity contribution is -0.140. The average Bonchev–Trinajstić information content (AvgIpc) is 3.39. The lowest BCUT2D eigenvalue weighted by atomic mass is 9.85. The zero-order valence-corrected chi connectivity index (χ0v) is 18.6. The molecule has 2 bridgehead atoms. The third-order valence-corrected chi connectivity index (χ3v) is 6.82. The molecule has 3 aliphatic rings. The van der Waals surface area contributed by atoms with Crippen LogP contribution in [0.1, 0.15) is 16.9 Å². The number of aliphatic imine (C=N–C) groups is 1.